The number of nitrogens with zero attached hydrogens (tertiary/aromatic N) is 2. The zero-order valence-corrected chi connectivity index (χ0v) is 16.2. The first-order valence-corrected chi connectivity index (χ1v) is 9.42. The van der Waals surface area contributed by atoms with Crippen molar-refractivity contribution in [1.82, 2.24) is 4.90 Å². The zero-order chi connectivity index (χ0) is 19.4. The lowest BCUT2D eigenvalue weighted by Crippen LogP contribution is -2.46. The van der Waals surface area contributed by atoms with Gasteiger partial charge in [-0.3, -0.25) is 9.69 Å². The molecule has 0 bridgehead atoms. The average molecular weight is 370 g/mol. The highest BCUT2D eigenvalue weighted by Crippen LogP contribution is 2.20. The van der Waals surface area contributed by atoms with Gasteiger partial charge in [-0.15, -0.1) is 0 Å². The van der Waals surface area contributed by atoms with Gasteiger partial charge in [-0.2, -0.15) is 0 Å². The Kier molecular flexibility index (Phi) is 6.11. The molecule has 1 saturated heterocycles. The van der Waals surface area contributed by atoms with Crippen LogP contribution in [0.2, 0.25) is 0 Å². The monoisotopic (exact) mass is 370 g/mol. The first-order chi connectivity index (χ1) is 13.0. The molecule has 1 fully saturated rings. The molecule has 1 aliphatic heterocycles. The second-order valence-electron chi connectivity index (χ2n) is 7.30. The van der Waals surface area contributed by atoms with Gasteiger partial charge < -0.3 is 9.64 Å². The van der Waals surface area contributed by atoms with Crippen LogP contribution in [0.4, 0.5) is 10.1 Å². The smallest absolute Gasteiger partial charge is 0.224 e. The van der Waals surface area contributed by atoms with E-state index in [9.17, 15) is 9.18 Å². The first-order valence-electron chi connectivity index (χ1n) is 9.42. The number of methoxy groups -OCH3 is 1. The zero-order valence-electron chi connectivity index (χ0n) is 16.2. The van der Waals surface area contributed by atoms with Crippen molar-refractivity contribution in [2.24, 2.45) is 0 Å². The van der Waals surface area contributed by atoms with Crippen LogP contribution in [0, 0.1) is 5.82 Å². The summed E-state index contributed by atoms with van der Waals surface area (Å²) in [6, 6.07) is 12.5. The molecule has 1 heterocycles. The van der Waals surface area contributed by atoms with Crippen molar-refractivity contribution in [2.45, 2.75) is 26.3 Å². The van der Waals surface area contributed by atoms with Crippen LogP contribution in [0.25, 0.3) is 0 Å². The predicted octanol–water partition coefficient (Wildman–Crippen LogP) is 3.64. The van der Waals surface area contributed by atoms with Crippen LogP contribution >= 0.6 is 0 Å². The number of rotatable bonds is 5. The van der Waals surface area contributed by atoms with E-state index in [-0.39, 0.29) is 11.2 Å². The van der Waals surface area contributed by atoms with E-state index in [1.54, 1.807) is 19.2 Å². The van der Waals surface area contributed by atoms with Crippen LogP contribution in [-0.4, -0.2) is 38.2 Å². The molecule has 144 valence electrons. The molecular weight excluding hydrogens is 343 g/mol. The molecule has 4 nitrogen and oxygen atoms in total. The predicted molar refractivity (Wildman–Crippen MR) is 107 cm³/mol. The van der Waals surface area contributed by atoms with Crippen LogP contribution in [0.1, 0.15) is 30.9 Å². The third-order valence-corrected chi connectivity index (χ3v) is 5.12. The van der Waals surface area contributed by atoms with Gasteiger partial charge in [0.1, 0.15) is 5.82 Å². The summed E-state index contributed by atoms with van der Waals surface area (Å²) in [5.41, 5.74) is 2.70. The minimum absolute atomic E-state index is 0.0445. The molecule has 0 unspecified atom stereocenters. The quantitative estimate of drug-likeness (QED) is 0.805. The second-order valence-corrected chi connectivity index (χ2v) is 7.30. The topological polar surface area (TPSA) is 32.8 Å². The molecule has 0 amide bonds. The van der Waals surface area contributed by atoms with E-state index in [1.165, 1.54) is 6.07 Å². The third kappa shape index (κ3) is 4.66. The molecule has 2 aromatic rings. The lowest BCUT2D eigenvalue weighted by molar-refractivity contribution is 0.249. The summed E-state index contributed by atoms with van der Waals surface area (Å²) in [4.78, 5) is 17.2. The van der Waals surface area contributed by atoms with Gasteiger partial charge in [0.05, 0.1) is 7.11 Å². The molecule has 1 aliphatic rings. The van der Waals surface area contributed by atoms with Crippen molar-refractivity contribution in [2.75, 3.05) is 38.2 Å². The van der Waals surface area contributed by atoms with E-state index in [1.807, 2.05) is 24.3 Å². The van der Waals surface area contributed by atoms with Gasteiger partial charge in [0, 0.05) is 44.0 Å². The van der Waals surface area contributed by atoms with E-state index < -0.39 is 0 Å². The third-order valence-electron chi connectivity index (χ3n) is 5.12. The van der Waals surface area contributed by atoms with Crippen LogP contribution in [0.15, 0.2) is 47.3 Å². The number of halogens is 1. The van der Waals surface area contributed by atoms with E-state index >= 15 is 0 Å². The largest absolute Gasteiger partial charge is 0.493 e. The van der Waals surface area contributed by atoms with E-state index in [0.717, 1.165) is 43.0 Å². The Bertz CT molecular complexity index is 846. The summed E-state index contributed by atoms with van der Waals surface area (Å²) in [5.74, 6) is 0.515. The standard InChI is InChI=1S/C22H27FN2O2/c1-16(2)17-7-8-18(22(26)21(13-17)27-3)15-24-9-11-25(12-10-24)20-6-4-5-19(23)14-20/h4-8,13-14,16H,9-12,15H2,1-3H3. The normalized spacial score (nSPS) is 15.2. The lowest BCUT2D eigenvalue weighted by Gasteiger charge is -2.36. The maximum Gasteiger partial charge on any atom is 0.224 e. The SMILES string of the molecule is COc1cc(C(C)C)ccc(CN2CCN(c3cccc(F)c3)CC2)c1=O. The van der Waals surface area contributed by atoms with Gasteiger partial charge in [0.25, 0.3) is 0 Å². The van der Waals surface area contributed by atoms with Crippen molar-refractivity contribution in [3.63, 3.8) is 0 Å². The average Bonchev–Trinajstić information content (AvgIpc) is 2.82. The molecule has 0 N–H and O–H groups in total. The maximum atomic E-state index is 13.4. The number of hydrogen-bond donors (Lipinski definition) is 0. The minimum Gasteiger partial charge on any atom is -0.493 e. The van der Waals surface area contributed by atoms with E-state index in [0.29, 0.717) is 18.2 Å². The van der Waals surface area contributed by atoms with Crippen molar-refractivity contribution in [3.8, 4) is 5.75 Å². The Morgan fingerprint density at radius 1 is 1.07 bits per heavy atom. The van der Waals surface area contributed by atoms with Crippen molar-refractivity contribution in [3.05, 3.63) is 69.6 Å². The summed E-state index contributed by atoms with van der Waals surface area (Å²) in [6.45, 7) is 8.07. The van der Waals surface area contributed by atoms with Crippen LogP contribution in [0.5, 0.6) is 5.75 Å². The highest BCUT2D eigenvalue weighted by Gasteiger charge is 2.19. The molecule has 0 aromatic heterocycles. The summed E-state index contributed by atoms with van der Waals surface area (Å²) >= 11 is 0. The molecule has 0 saturated carbocycles. The fourth-order valence-corrected chi connectivity index (χ4v) is 3.41. The van der Waals surface area contributed by atoms with Crippen LogP contribution in [0.3, 0.4) is 0 Å². The molecule has 3 rings (SSSR count). The Balaban J connectivity index is 1.72. The van der Waals surface area contributed by atoms with E-state index in [4.69, 9.17) is 4.74 Å². The molecule has 0 aliphatic carbocycles. The highest BCUT2D eigenvalue weighted by molar-refractivity contribution is 5.47. The fourth-order valence-electron chi connectivity index (χ4n) is 3.41. The second kappa shape index (κ2) is 8.53. The lowest BCUT2D eigenvalue weighted by atomic mass is 10.1. The van der Waals surface area contributed by atoms with Gasteiger partial charge >= 0.3 is 0 Å². The van der Waals surface area contributed by atoms with E-state index in [2.05, 4.69) is 23.6 Å². The molecule has 0 radical (unpaired) electrons. The van der Waals surface area contributed by atoms with Gasteiger partial charge in [-0.25, -0.2) is 4.39 Å². The van der Waals surface area contributed by atoms with Gasteiger partial charge in [0.15, 0.2) is 5.75 Å². The molecule has 2 aromatic carbocycles. The van der Waals surface area contributed by atoms with Gasteiger partial charge in [0.2, 0.25) is 5.43 Å². The molecule has 0 atom stereocenters. The highest BCUT2D eigenvalue weighted by atomic mass is 19.1. The number of benzene rings is 1. The van der Waals surface area contributed by atoms with Crippen LogP contribution < -0.4 is 15.1 Å². The number of ether oxygens (including phenoxy) is 1. The Morgan fingerprint density at radius 2 is 1.81 bits per heavy atom. The number of hydrogen-bond acceptors (Lipinski definition) is 4. The maximum absolute atomic E-state index is 13.4. The first kappa shape index (κ1) is 19.4. The van der Waals surface area contributed by atoms with Crippen molar-refractivity contribution < 1.29 is 9.13 Å². The van der Waals surface area contributed by atoms with Crippen LogP contribution in [-0.2, 0) is 6.54 Å². The molecular formula is C22H27FN2O2. The number of anilines is 1. The minimum atomic E-state index is -0.212. The molecule has 0 spiro atoms. The summed E-state index contributed by atoms with van der Waals surface area (Å²) in [5, 5.41) is 0. The van der Waals surface area contributed by atoms with Gasteiger partial charge in [-0.1, -0.05) is 32.0 Å². The Hall–Kier alpha value is -2.40. The fraction of sp³-hybridized carbons (Fsp3) is 0.409. The van der Waals surface area contributed by atoms with Crippen molar-refractivity contribution in [1.29, 1.82) is 0 Å². The summed E-state index contributed by atoms with van der Waals surface area (Å²) < 4.78 is 18.8. The molecule has 27 heavy (non-hydrogen) atoms. The molecule has 5 heteroatoms. The summed E-state index contributed by atoms with van der Waals surface area (Å²) in [7, 11) is 1.54. The Morgan fingerprint density at radius 3 is 2.44 bits per heavy atom. The number of piperazine rings is 1. The van der Waals surface area contributed by atoms with Crippen molar-refractivity contribution >= 4 is 5.69 Å². The summed E-state index contributed by atoms with van der Waals surface area (Å²) in [6.07, 6.45) is 0. The Labute approximate surface area is 160 Å². The van der Waals surface area contributed by atoms with Gasteiger partial charge in [-0.05, 0) is 35.7 Å².